The minimum atomic E-state index is -1.15. The first kappa shape index (κ1) is 21.6. The molecule has 11 nitrogen and oxygen atoms in total. The predicted molar refractivity (Wildman–Crippen MR) is 106 cm³/mol. The molecule has 11 heteroatoms. The van der Waals surface area contributed by atoms with Gasteiger partial charge in [0.15, 0.2) is 0 Å². The molecule has 3 atom stereocenters. The first-order chi connectivity index (χ1) is 14.3. The van der Waals surface area contributed by atoms with Crippen molar-refractivity contribution < 1.29 is 24.5 Å². The van der Waals surface area contributed by atoms with Crippen LogP contribution in [-0.2, 0) is 9.59 Å². The lowest BCUT2D eigenvalue weighted by Gasteiger charge is -2.34. The van der Waals surface area contributed by atoms with Crippen LogP contribution in [0.3, 0.4) is 0 Å². The van der Waals surface area contributed by atoms with E-state index in [0.29, 0.717) is 37.1 Å². The van der Waals surface area contributed by atoms with Gasteiger partial charge in [0.05, 0.1) is 15.9 Å². The summed E-state index contributed by atoms with van der Waals surface area (Å²) in [4.78, 5) is 46.2. The predicted octanol–water partition coefficient (Wildman–Crippen LogP) is 2.73. The lowest BCUT2D eigenvalue weighted by molar-refractivity contribution is -0.393. The van der Waals surface area contributed by atoms with Gasteiger partial charge >= 0.3 is 5.97 Å². The van der Waals surface area contributed by atoms with Crippen LogP contribution in [-0.4, -0.2) is 56.3 Å². The number of carbonyl (C=O) groups excluding carboxylic acids is 1. The number of Topliss-reactive ketones (excluding diaryl/α,β-unsaturated/α-hetero) is 1. The Balaban J connectivity index is 1.57. The molecule has 2 aliphatic rings. The van der Waals surface area contributed by atoms with Gasteiger partial charge in [-0.3, -0.25) is 29.9 Å². The van der Waals surface area contributed by atoms with Crippen LogP contribution in [0.1, 0.15) is 44.9 Å². The zero-order valence-electron chi connectivity index (χ0n) is 16.4. The van der Waals surface area contributed by atoms with Crippen molar-refractivity contribution in [1.82, 2.24) is 4.90 Å². The summed E-state index contributed by atoms with van der Waals surface area (Å²) in [7, 11) is 0. The number of nitrogens with one attached hydrogen (secondary N) is 1. The highest BCUT2D eigenvalue weighted by Gasteiger charge is 2.39. The first-order valence-corrected chi connectivity index (χ1v) is 9.96. The van der Waals surface area contributed by atoms with Gasteiger partial charge in [-0.2, -0.15) is 0 Å². The molecule has 1 aromatic rings. The largest absolute Gasteiger partial charge is 0.480 e. The number of nitro benzene ring substituents is 2. The van der Waals surface area contributed by atoms with Crippen LogP contribution in [0.2, 0.25) is 0 Å². The van der Waals surface area contributed by atoms with Crippen molar-refractivity contribution in [2.24, 2.45) is 0 Å². The second kappa shape index (κ2) is 9.16. The van der Waals surface area contributed by atoms with Crippen molar-refractivity contribution in [3.63, 3.8) is 0 Å². The number of nitro groups is 2. The van der Waals surface area contributed by atoms with Crippen LogP contribution in [0.5, 0.6) is 0 Å². The maximum Gasteiger partial charge on any atom is 0.326 e. The van der Waals surface area contributed by atoms with Crippen molar-refractivity contribution in [2.75, 3.05) is 11.9 Å². The maximum absolute atomic E-state index is 11.7. The molecule has 0 amide bonds. The number of rotatable bonds is 10. The lowest BCUT2D eigenvalue weighted by atomic mass is 10.0. The molecule has 2 unspecified atom stereocenters. The van der Waals surface area contributed by atoms with E-state index in [0.717, 1.165) is 44.0 Å². The molecule has 2 heterocycles. The highest BCUT2D eigenvalue weighted by atomic mass is 16.6. The first-order valence-electron chi connectivity index (χ1n) is 9.96. The number of hydrogen-bond acceptors (Lipinski definition) is 8. The third-order valence-corrected chi connectivity index (χ3v) is 5.87. The molecule has 2 saturated heterocycles. The number of hydrogen-bond donors (Lipinski definition) is 2. The minimum absolute atomic E-state index is 0.0643. The highest BCUT2D eigenvalue weighted by Crippen LogP contribution is 2.34. The number of anilines is 1. The molecule has 30 heavy (non-hydrogen) atoms. The number of benzene rings is 1. The molecule has 0 aromatic heterocycles. The van der Waals surface area contributed by atoms with Gasteiger partial charge < -0.3 is 10.4 Å². The normalized spacial score (nSPS) is 21.9. The van der Waals surface area contributed by atoms with Gasteiger partial charge in [0.2, 0.25) is 0 Å². The number of ketones is 1. The fraction of sp³-hybridized carbons (Fsp3) is 0.579. The summed E-state index contributed by atoms with van der Waals surface area (Å²) in [6, 6.07) is 2.62. The molecular weight excluding hydrogens is 396 g/mol. The number of carboxylic acid groups (broad SMARTS) is 1. The lowest BCUT2D eigenvalue weighted by Crippen LogP contribution is -2.43. The summed E-state index contributed by atoms with van der Waals surface area (Å²) >= 11 is 0. The second-order valence-corrected chi connectivity index (χ2v) is 7.82. The molecule has 0 spiro atoms. The smallest absolute Gasteiger partial charge is 0.326 e. The SMILES string of the molecule is O=C1CC2CCC(C1)N2CCCC[C@H](Nc1ccc([N+](=O)[O-])cc1[N+](=O)[O-])C(=O)O. The molecule has 2 bridgehead atoms. The van der Waals surface area contributed by atoms with Gasteiger partial charge in [-0.1, -0.05) is 0 Å². The van der Waals surface area contributed by atoms with E-state index >= 15 is 0 Å². The van der Waals surface area contributed by atoms with E-state index in [1.54, 1.807) is 0 Å². The molecule has 2 N–H and O–H groups in total. The number of fused-ring (bicyclic) bond motifs is 2. The van der Waals surface area contributed by atoms with Crippen LogP contribution in [0.15, 0.2) is 18.2 Å². The molecule has 1 aromatic carbocycles. The summed E-state index contributed by atoms with van der Waals surface area (Å²) < 4.78 is 0. The third-order valence-electron chi connectivity index (χ3n) is 5.87. The van der Waals surface area contributed by atoms with Crippen molar-refractivity contribution in [1.29, 1.82) is 0 Å². The van der Waals surface area contributed by atoms with Crippen molar-refractivity contribution >= 4 is 28.8 Å². The Morgan fingerprint density at radius 3 is 2.40 bits per heavy atom. The number of carboxylic acids is 1. The Bertz CT molecular complexity index is 843. The monoisotopic (exact) mass is 420 g/mol. The van der Waals surface area contributed by atoms with E-state index in [9.17, 15) is 34.9 Å². The second-order valence-electron chi connectivity index (χ2n) is 7.82. The molecule has 2 fully saturated rings. The minimum Gasteiger partial charge on any atom is -0.480 e. The van der Waals surface area contributed by atoms with Gasteiger partial charge in [0, 0.05) is 31.0 Å². The Hall–Kier alpha value is -3.08. The number of non-ortho nitro benzene ring substituents is 1. The molecule has 3 rings (SSSR count). The summed E-state index contributed by atoms with van der Waals surface area (Å²) in [5.74, 6) is -0.829. The molecule has 0 radical (unpaired) electrons. The molecule has 2 aliphatic heterocycles. The van der Waals surface area contributed by atoms with Gasteiger partial charge in [-0.25, -0.2) is 4.79 Å². The number of aliphatic carboxylic acids is 1. The Morgan fingerprint density at radius 1 is 1.17 bits per heavy atom. The average Bonchev–Trinajstić information content (AvgIpc) is 2.92. The zero-order chi connectivity index (χ0) is 21.8. The molecule has 0 saturated carbocycles. The van der Waals surface area contributed by atoms with Gasteiger partial charge in [0.1, 0.15) is 17.5 Å². The summed E-state index contributed by atoms with van der Waals surface area (Å²) in [5.41, 5.74) is -1.04. The van der Waals surface area contributed by atoms with E-state index in [4.69, 9.17) is 0 Å². The Morgan fingerprint density at radius 2 is 1.83 bits per heavy atom. The maximum atomic E-state index is 11.7. The highest BCUT2D eigenvalue weighted by molar-refractivity contribution is 5.81. The van der Waals surface area contributed by atoms with E-state index in [-0.39, 0.29) is 12.1 Å². The van der Waals surface area contributed by atoms with Gasteiger partial charge in [-0.15, -0.1) is 0 Å². The van der Waals surface area contributed by atoms with Crippen LogP contribution in [0, 0.1) is 20.2 Å². The quantitative estimate of drug-likeness (QED) is 0.330. The average molecular weight is 420 g/mol. The van der Waals surface area contributed by atoms with Crippen LogP contribution in [0.4, 0.5) is 17.1 Å². The van der Waals surface area contributed by atoms with Crippen molar-refractivity contribution in [2.45, 2.75) is 63.1 Å². The van der Waals surface area contributed by atoms with Crippen LogP contribution >= 0.6 is 0 Å². The summed E-state index contributed by atoms with van der Waals surface area (Å²) in [6.45, 7) is 0.798. The summed E-state index contributed by atoms with van der Waals surface area (Å²) in [5, 5.41) is 34.2. The Labute approximate surface area is 172 Å². The van der Waals surface area contributed by atoms with Crippen LogP contribution < -0.4 is 5.32 Å². The summed E-state index contributed by atoms with van der Waals surface area (Å²) in [6.07, 6.45) is 4.85. The van der Waals surface area contributed by atoms with Crippen molar-refractivity contribution in [3.8, 4) is 0 Å². The number of unbranched alkanes of at least 4 members (excludes halogenated alkanes) is 1. The van der Waals surface area contributed by atoms with Gasteiger partial charge in [-0.05, 0) is 44.7 Å². The molecular formula is C19H24N4O7. The molecule has 162 valence electrons. The van der Waals surface area contributed by atoms with Crippen molar-refractivity contribution in [3.05, 3.63) is 38.4 Å². The van der Waals surface area contributed by atoms with E-state index in [1.165, 1.54) is 0 Å². The fourth-order valence-corrected chi connectivity index (χ4v) is 4.42. The Kier molecular flexibility index (Phi) is 6.60. The number of piperidine rings is 1. The van der Waals surface area contributed by atoms with Gasteiger partial charge in [0.25, 0.3) is 11.4 Å². The van der Waals surface area contributed by atoms with E-state index in [2.05, 4.69) is 10.2 Å². The number of nitrogens with zero attached hydrogens (tertiary/aromatic N) is 3. The van der Waals surface area contributed by atoms with Crippen LogP contribution in [0.25, 0.3) is 0 Å². The number of carbonyl (C=O) groups is 2. The van der Waals surface area contributed by atoms with E-state index in [1.807, 2.05) is 0 Å². The third kappa shape index (κ3) is 4.90. The molecule has 0 aliphatic carbocycles. The van der Waals surface area contributed by atoms with E-state index < -0.39 is 33.2 Å². The topological polar surface area (TPSA) is 156 Å². The standard InChI is InChI=1S/C19H24N4O7/c24-15-9-12-4-5-13(10-15)21(12)8-2-1-3-17(19(25)26)20-16-7-6-14(22(27)28)11-18(16)23(29)30/h6-7,11-13,17,20H,1-5,8-10H2,(H,25,26)/t12?,13?,17-/m0/s1. The fourth-order valence-electron chi connectivity index (χ4n) is 4.42. The zero-order valence-corrected chi connectivity index (χ0v) is 16.4.